The van der Waals surface area contributed by atoms with Crippen LogP contribution >= 0.6 is 0 Å². The highest BCUT2D eigenvalue weighted by Gasteiger charge is 2.53. The van der Waals surface area contributed by atoms with Gasteiger partial charge in [-0.15, -0.1) is 0 Å². The SMILES string of the molecule is CC12CC3CC(C1)CC(C)(C3)C2.NNC(=O)NN. The second-order valence-corrected chi connectivity index (χ2v) is 7.20. The van der Waals surface area contributed by atoms with Crippen molar-refractivity contribution in [2.75, 3.05) is 0 Å². The second kappa shape index (κ2) is 4.70. The lowest BCUT2D eigenvalue weighted by molar-refractivity contribution is -0.0920. The van der Waals surface area contributed by atoms with Crippen molar-refractivity contribution in [3.05, 3.63) is 0 Å². The molecule has 0 spiro atoms. The molecule has 0 radical (unpaired) electrons. The molecule has 0 heterocycles. The number of rotatable bonds is 0. The number of urea groups is 1. The van der Waals surface area contributed by atoms with E-state index in [2.05, 4.69) is 25.5 Å². The number of carbonyl (C=O) groups is 1. The van der Waals surface area contributed by atoms with Crippen molar-refractivity contribution >= 4 is 6.03 Å². The molecule has 5 nitrogen and oxygen atoms in total. The van der Waals surface area contributed by atoms with Gasteiger partial charge < -0.3 is 0 Å². The molecule has 104 valence electrons. The van der Waals surface area contributed by atoms with Crippen LogP contribution in [0.3, 0.4) is 0 Å². The van der Waals surface area contributed by atoms with E-state index >= 15 is 0 Å². The summed E-state index contributed by atoms with van der Waals surface area (Å²) in [5, 5.41) is 0. The molecule has 0 aromatic heterocycles. The Balaban J connectivity index is 0.000000174. The molecule has 4 aliphatic rings. The zero-order valence-corrected chi connectivity index (χ0v) is 11.5. The van der Waals surface area contributed by atoms with Gasteiger partial charge in [-0.2, -0.15) is 0 Å². The normalized spacial score (nSPS) is 44.0. The fraction of sp³-hybridized carbons (Fsp3) is 0.923. The van der Waals surface area contributed by atoms with Crippen molar-refractivity contribution in [2.24, 2.45) is 34.4 Å². The standard InChI is InChI=1S/C12H20.CH6N4O/c1-11-4-9-3-10(5-11)7-12(2,6-9)8-11;2-4-1(6)5-3/h9-10H,3-8H2,1-2H3;2-3H2,(H2,4,5,6). The summed E-state index contributed by atoms with van der Waals surface area (Å²) in [5.41, 5.74) is 5.00. The number of carbonyl (C=O) groups excluding carboxylic acids is 1. The average molecular weight is 254 g/mol. The van der Waals surface area contributed by atoms with Crippen LogP contribution in [-0.4, -0.2) is 6.03 Å². The summed E-state index contributed by atoms with van der Waals surface area (Å²) in [4.78, 5) is 9.71. The van der Waals surface area contributed by atoms with E-state index in [9.17, 15) is 4.79 Å². The van der Waals surface area contributed by atoms with Crippen LogP contribution in [0.4, 0.5) is 4.79 Å². The first-order valence-electron chi connectivity index (χ1n) is 6.85. The summed E-state index contributed by atoms with van der Waals surface area (Å²) in [6.07, 6.45) is 9.33. The maximum Gasteiger partial charge on any atom is 0.343 e. The van der Waals surface area contributed by atoms with Gasteiger partial charge in [0.15, 0.2) is 0 Å². The number of amides is 2. The third kappa shape index (κ3) is 2.78. The molecule has 0 aromatic rings. The Morgan fingerprint density at radius 1 is 1.00 bits per heavy atom. The summed E-state index contributed by atoms with van der Waals surface area (Å²) in [7, 11) is 0. The minimum atomic E-state index is -0.602. The smallest absolute Gasteiger partial charge is 0.275 e. The fourth-order valence-corrected chi connectivity index (χ4v) is 5.26. The van der Waals surface area contributed by atoms with Crippen molar-refractivity contribution < 1.29 is 4.79 Å². The Bertz CT molecular complexity index is 291. The van der Waals surface area contributed by atoms with E-state index in [1.165, 1.54) is 6.42 Å². The van der Waals surface area contributed by atoms with Crippen LogP contribution in [0.25, 0.3) is 0 Å². The molecule has 5 heteroatoms. The first-order valence-corrected chi connectivity index (χ1v) is 6.85. The quantitative estimate of drug-likeness (QED) is 0.301. The Kier molecular flexibility index (Phi) is 3.56. The summed E-state index contributed by atoms with van der Waals surface area (Å²) in [6, 6.07) is -0.602. The molecular formula is C13H26N4O. The van der Waals surface area contributed by atoms with Gasteiger partial charge in [-0.1, -0.05) is 13.8 Å². The van der Waals surface area contributed by atoms with Crippen LogP contribution in [-0.2, 0) is 0 Å². The lowest BCUT2D eigenvalue weighted by atomic mass is 9.45. The van der Waals surface area contributed by atoms with Gasteiger partial charge in [0.25, 0.3) is 0 Å². The van der Waals surface area contributed by atoms with Crippen LogP contribution < -0.4 is 22.5 Å². The summed E-state index contributed by atoms with van der Waals surface area (Å²) >= 11 is 0. The Morgan fingerprint density at radius 2 is 1.39 bits per heavy atom. The largest absolute Gasteiger partial charge is 0.343 e. The van der Waals surface area contributed by atoms with Crippen molar-refractivity contribution in [1.29, 1.82) is 0 Å². The van der Waals surface area contributed by atoms with E-state index in [-0.39, 0.29) is 0 Å². The molecule has 0 aliphatic heterocycles. The Morgan fingerprint density at radius 3 is 1.61 bits per heavy atom. The predicted octanol–water partition coefficient (Wildman–Crippen LogP) is 1.65. The molecule has 0 unspecified atom stereocenters. The van der Waals surface area contributed by atoms with Crippen molar-refractivity contribution in [1.82, 2.24) is 10.9 Å². The first-order chi connectivity index (χ1) is 8.38. The van der Waals surface area contributed by atoms with Crippen molar-refractivity contribution in [3.8, 4) is 0 Å². The molecule has 18 heavy (non-hydrogen) atoms. The molecule has 0 atom stereocenters. The van der Waals surface area contributed by atoms with E-state index in [1.807, 2.05) is 0 Å². The van der Waals surface area contributed by atoms with Gasteiger partial charge in [0.1, 0.15) is 0 Å². The summed E-state index contributed by atoms with van der Waals surface area (Å²) in [6.45, 7) is 5.09. The minimum absolute atomic E-state index is 0.602. The minimum Gasteiger partial charge on any atom is -0.275 e. The zero-order chi connectivity index (χ0) is 13.4. The lowest BCUT2D eigenvalue weighted by Gasteiger charge is -2.60. The molecular weight excluding hydrogens is 228 g/mol. The monoisotopic (exact) mass is 254 g/mol. The number of nitrogens with two attached hydrogens (primary N) is 2. The fourth-order valence-electron chi connectivity index (χ4n) is 5.26. The van der Waals surface area contributed by atoms with Gasteiger partial charge in [0, 0.05) is 0 Å². The van der Waals surface area contributed by atoms with Gasteiger partial charge in [0.2, 0.25) is 0 Å². The first kappa shape index (κ1) is 13.6. The summed E-state index contributed by atoms with van der Waals surface area (Å²) in [5.74, 6) is 11.3. The van der Waals surface area contributed by atoms with Crippen LogP contribution in [0.2, 0.25) is 0 Å². The van der Waals surface area contributed by atoms with Gasteiger partial charge in [-0.05, 0) is 61.2 Å². The summed E-state index contributed by atoms with van der Waals surface area (Å²) < 4.78 is 0. The average Bonchev–Trinajstić information content (AvgIpc) is 2.23. The molecule has 4 rings (SSSR count). The molecule has 6 N–H and O–H groups in total. The topological polar surface area (TPSA) is 93.2 Å². The number of nitrogens with one attached hydrogen (secondary N) is 2. The molecule has 0 saturated heterocycles. The second-order valence-electron chi connectivity index (χ2n) is 7.20. The third-order valence-electron chi connectivity index (χ3n) is 4.91. The van der Waals surface area contributed by atoms with E-state index in [0.29, 0.717) is 0 Å². The van der Waals surface area contributed by atoms with Gasteiger partial charge in [-0.25, -0.2) is 16.5 Å². The Hall–Kier alpha value is -0.810. The van der Waals surface area contributed by atoms with Gasteiger partial charge in [-0.3, -0.25) is 10.9 Å². The highest BCUT2D eigenvalue weighted by molar-refractivity contribution is 5.72. The van der Waals surface area contributed by atoms with E-state index in [0.717, 1.165) is 22.7 Å². The maximum atomic E-state index is 9.71. The van der Waals surface area contributed by atoms with Crippen LogP contribution in [0.1, 0.15) is 52.4 Å². The molecule has 4 saturated carbocycles. The van der Waals surface area contributed by atoms with Gasteiger partial charge in [0.05, 0.1) is 0 Å². The molecule has 4 bridgehead atoms. The lowest BCUT2D eigenvalue weighted by Crippen LogP contribution is -2.49. The zero-order valence-electron chi connectivity index (χ0n) is 11.5. The Labute approximate surface area is 109 Å². The number of hydrazine groups is 2. The molecule has 4 aliphatic carbocycles. The van der Waals surface area contributed by atoms with Crippen LogP contribution in [0.5, 0.6) is 0 Å². The van der Waals surface area contributed by atoms with E-state index in [1.54, 1.807) is 43.0 Å². The third-order valence-corrected chi connectivity index (χ3v) is 4.91. The van der Waals surface area contributed by atoms with Crippen molar-refractivity contribution in [2.45, 2.75) is 52.4 Å². The molecule has 0 aromatic carbocycles. The van der Waals surface area contributed by atoms with Crippen LogP contribution in [0, 0.1) is 22.7 Å². The number of hydrogen-bond donors (Lipinski definition) is 4. The van der Waals surface area contributed by atoms with E-state index < -0.39 is 6.03 Å². The molecule has 2 amide bonds. The highest BCUT2D eigenvalue weighted by atomic mass is 16.2. The van der Waals surface area contributed by atoms with E-state index in [4.69, 9.17) is 0 Å². The highest BCUT2D eigenvalue weighted by Crippen LogP contribution is 2.64. The van der Waals surface area contributed by atoms with Crippen molar-refractivity contribution in [3.63, 3.8) is 0 Å². The molecule has 4 fully saturated rings. The number of hydrogen-bond acceptors (Lipinski definition) is 3. The van der Waals surface area contributed by atoms with Crippen LogP contribution in [0.15, 0.2) is 0 Å². The maximum absolute atomic E-state index is 9.71. The predicted molar refractivity (Wildman–Crippen MR) is 70.9 cm³/mol. The van der Waals surface area contributed by atoms with Gasteiger partial charge >= 0.3 is 6.03 Å².